The van der Waals surface area contributed by atoms with Gasteiger partial charge in [0.2, 0.25) is 11.8 Å². The van der Waals surface area contributed by atoms with E-state index in [2.05, 4.69) is 32.5 Å². The van der Waals surface area contributed by atoms with E-state index in [1.165, 1.54) is 13.2 Å². The zero-order valence-corrected chi connectivity index (χ0v) is 25.2. The van der Waals surface area contributed by atoms with E-state index < -0.39 is 11.7 Å². The standard InChI is InChI=1S/C33H36FN5O5/c1-21-10-8-11-22(2)29(21)36-30(40)28-31(43-25-13-6-5-7-14-25)37-33(38-32(28)44-41-4)35-24-15-16-27(26(34)18-24)42-20-23-12-9-17-39(3)19-23/h5-8,10-11,13-16,18,23H,9,12,17,19-20H2,1-4H3,(H,36,40)(H,35,37,38). The van der Waals surface area contributed by atoms with Gasteiger partial charge in [0.1, 0.15) is 5.75 Å². The zero-order chi connectivity index (χ0) is 31.1. The van der Waals surface area contributed by atoms with Gasteiger partial charge in [-0.15, -0.1) is 0 Å². The van der Waals surface area contributed by atoms with E-state index in [-0.39, 0.29) is 29.0 Å². The van der Waals surface area contributed by atoms with Crippen LogP contribution in [0.2, 0.25) is 0 Å². The van der Waals surface area contributed by atoms with Crippen LogP contribution in [0.4, 0.5) is 21.7 Å². The minimum absolute atomic E-state index is 0.00934. The number of benzene rings is 3. The van der Waals surface area contributed by atoms with Crippen LogP contribution in [0.15, 0.2) is 66.7 Å². The molecule has 2 N–H and O–H groups in total. The van der Waals surface area contributed by atoms with Gasteiger partial charge in [-0.05, 0) is 75.7 Å². The molecule has 1 aromatic heterocycles. The van der Waals surface area contributed by atoms with E-state index in [1.54, 1.807) is 36.4 Å². The number of hydrogen-bond donors (Lipinski definition) is 2. The summed E-state index contributed by atoms with van der Waals surface area (Å²) in [5, 5.41) is 5.89. The van der Waals surface area contributed by atoms with Crippen LogP contribution in [0.1, 0.15) is 34.3 Å². The van der Waals surface area contributed by atoms with Crippen molar-refractivity contribution >= 4 is 23.2 Å². The van der Waals surface area contributed by atoms with E-state index in [1.807, 2.05) is 38.1 Å². The maximum atomic E-state index is 15.1. The van der Waals surface area contributed by atoms with Crippen LogP contribution in [-0.2, 0) is 4.89 Å². The summed E-state index contributed by atoms with van der Waals surface area (Å²) in [4.78, 5) is 35.0. The van der Waals surface area contributed by atoms with Crippen molar-refractivity contribution in [3.8, 4) is 23.3 Å². The van der Waals surface area contributed by atoms with Crippen molar-refractivity contribution in [2.24, 2.45) is 5.92 Å². The predicted molar refractivity (Wildman–Crippen MR) is 165 cm³/mol. The van der Waals surface area contributed by atoms with E-state index in [0.717, 1.165) is 37.1 Å². The molecule has 1 atom stereocenters. The minimum Gasteiger partial charge on any atom is -0.490 e. The number of nitrogens with one attached hydrogen (secondary N) is 2. The molecule has 1 amide bonds. The van der Waals surface area contributed by atoms with E-state index in [9.17, 15) is 4.79 Å². The molecule has 0 bridgehead atoms. The highest BCUT2D eigenvalue weighted by Crippen LogP contribution is 2.34. The molecule has 0 radical (unpaired) electrons. The molecule has 5 rings (SSSR count). The van der Waals surface area contributed by atoms with Crippen molar-refractivity contribution in [1.82, 2.24) is 14.9 Å². The zero-order valence-electron chi connectivity index (χ0n) is 25.2. The van der Waals surface area contributed by atoms with Crippen molar-refractivity contribution in [2.45, 2.75) is 26.7 Å². The van der Waals surface area contributed by atoms with Crippen molar-refractivity contribution < 1.29 is 28.4 Å². The summed E-state index contributed by atoms with van der Waals surface area (Å²) >= 11 is 0. The molecule has 2 heterocycles. The molecule has 10 nitrogen and oxygen atoms in total. The molecule has 0 saturated carbocycles. The van der Waals surface area contributed by atoms with Gasteiger partial charge in [-0.3, -0.25) is 4.79 Å². The number of aryl methyl sites for hydroxylation is 2. The lowest BCUT2D eigenvalue weighted by atomic mass is 10.00. The highest BCUT2D eigenvalue weighted by molar-refractivity contribution is 6.08. The topological polar surface area (TPSA) is 107 Å². The first-order valence-electron chi connectivity index (χ1n) is 14.4. The normalized spacial score (nSPS) is 15.0. The van der Waals surface area contributed by atoms with Crippen molar-refractivity contribution in [3.63, 3.8) is 0 Å². The Labute approximate surface area is 256 Å². The van der Waals surface area contributed by atoms with E-state index in [4.69, 9.17) is 19.2 Å². The Morgan fingerprint density at radius 3 is 2.48 bits per heavy atom. The first-order valence-corrected chi connectivity index (χ1v) is 14.4. The lowest BCUT2D eigenvalue weighted by Crippen LogP contribution is -2.34. The molecule has 1 aliphatic rings. The Morgan fingerprint density at radius 1 is 1.02 bits per heavy atom. The average Bonchev–Trinajstić information content (AvgIpc) is 2.99. The largest absolute Gasteiger partial charge is 0.490 e. The van der Waals surface area contributed by atoms with Crippen LogP contribution in [0.3, 0.4) is 0 Å². The molecule has 1 saturated heterocycles. The summed E-state index contributed by atoms with van der Waals surface area (Å²) in [5.41, 5.74) is 2.65. The molecule has 1 aliphatic heterocycles. The number of anilines is 3. The Bertz CT molecular complexity index is 1580. The molecule has 230 valence electrons. The highest BCUT2D eigenvalue weighted by atomic mass is 19.1. The Kier molecular flexibility index (Phi) is 9.88. The van der Waals surface area contributed by atoms with Crippen LogP contribution < -0.4 is 25.0 Å². The molecular formula is C33H36FN5O5. The van der Waals surface area contributed by atoms with E-state index in [0.29, 0.717) is 29.6 Å². The van der Waals surface area contributed by atoms with Crippen LogP contribution in [-0.4, -0.2) is 54.6 Å². The molecule has 44 heavy (non-hydrogen) atoms. The summed E-state index contributed by atoms with van der Waals surface area (Å²) in [6, 6.07) is 19.1. The quantitative estimate of drug-likeness (QED) is 0.144. The molecule has 0 spiro atoms. The number of para-hydroxylation sites is 2. The second kappa shape index (κ2) is 14.2. The predicted octanol–water partition coefficient (Wildman–Crippen LogP) is 6.68. The van der Waals surface area contributed by atoms with Crippen LogP contribution >= 0.6 is 0 Å². The number of halogens is 1. The third-order valence-corrected chi connectivity index (χ3v) is 7.29. The van der Waals surface area contributed by atoms with E-state index >= 15 is 4.39 Å². The van der Waals surface area contributed by atoms with Crippen molar-refractivity contribution in [3.05, 3.63) is 89.2 Å². The smallest absolute Gasteiger partial charge is 0.277 e. The highest BCUT2D eigenvalue weighted by Gasteiger charge is 2.27. The maximum Gasteiger partial charge on any atom is 0.277 e. The number of rotatable bonds is 11. The second-order valence-corrected chi connectivity index (χ2v) is 10.8. The van der Waals surface area contributed by atoms with Gasteiger partial charge in [-0.2, -0.15) is 14.9 Å². The molecule has 1 unspecified atom stereocenters. The fourth-order valence-corrected chi connectivity index (χ4v) is 5.11. The molecule has 0 aliphatic carbocycles. The van der Waals surface area contributed by atoms with Crippen LogP contribution in [0.5, 0.6) is 23.3 Å². The number of nitrogens with zero attached hydrogens (tertiary/aromatic N) is 3. The number of aromatic nitrogens is 2. The third kappa shape index (κ3) is 7.61. The fourth-order valence-electron chi connectivity index (χ4n) is 5.11. The maximum absolute atomic E-state index is 15.1. The molecule has 4 aromatic rings. The van der Waals surface area contributed by atoms with Gasteiger partial charge < -0.3 is 29.9 Å². The second-order valence-electron chi connectivity index (χ2n) is 10.8. The summed E-state index contributed by atoms with van der Waals surface area (Å²) in [5.74, 6) is -0.448. The molecular weight excluding hydrogens is 565 g/mol. The summed E-state index contributed by atoms with van der Waals surface area (Å²) in [6.45, 7) is 6.23. The van der Waals surface area contributed by atoms with Crippen molar-refractivity contribution in [2.75, 3.05) is 44.5 Å². The molecule has 11 heteroatoms. The average molecular weight is 602 g/mol. The number of ether oxygens (including phenoxy) is 2. The number of hydrogen-bond acceptors (Lipinski definition) is 9. The Hall–Kier alpha value is -4.74. The van der Waals surface area contributed by atoms with Crippen molar-refractivity contribution in [1.29, 1.82) is 0 Å². The van der Waals surface area contributed by atoms with Crippen LogP contribution in [0.25, 0.3) is 0 Å². The first-order chi connectivity index (χ1) is 21.3. The van der Waals surface area contributed by atoms with Gasteiger partial charge in [0.15, 0.2) is 17.1 Å². The van der Waals surface area contributed by atoms with Gasteiger partial charge >= 0.3 is 0 Å². The number of carbonyl (C=O) groups excluding carboxylic acids is 1. The summed E-state index contributed by atoms with van der Waals surface area (Å²) < 4.78 is 26.9. The van der Waals surface area contributed by atoms with Gasteiger partial charge in [0.05, 0.1) is 13.7 Å². The fraction of sp³-hybridized carbons (Fsp3) is 0.303. The van der Waals surface area contributed by atoms with Crippen LogP contribution in [0, 0.1) is 25.6 Å². The summed E-state index contributed by atoms with van der Waals surface area (Å²) in [7, 11) is 3.37. The summed E-state index contributed by atoms with van der Waals surface area (Å²) in [6.07, 6.45) is 2.16. The van der Waals surface area contributed by atoms with Gasteiger partial charge in [-0.1, -0.05) is 36.4 Å². The molecule has 1 fully saturated rings. The third-order valence-electron chi connectivity index (χ3n) is 7.29. The number of likely N-dealkylation sites (tertiary alicyclic amines) is 1. The number of piperidine rings is 1. The van der Waals surface area contributed by atoms with Gasteiger partial charge in [-0.25, -0.2) is 4.39 Å². The number of amides is 1. The first kappa shape index (κ1) is 30.7. The van der Waals surface area contributed by atoms with Gasteiger partial charge in [0.25, 0.3) is 11.8 Å². The number of carbonyl (C=O) groups is 1. The lowest BCUT2D eigenvalue weighted by molar-refractivity contribution is -0.181. The lowest BCUT2D eigenvalue weighted by Gasteiger charge is -2.29. The minimum atomic E-state index is -0.566. The Balaban J connectivity index is 1.43. The monoisotopic (exact) mass is 601 g/mol. The van der Waals surface area contributed by atoms with Gasteiger partial charge in [0, 0.05) is 29.9 Å². The molecule has 3 aromatic carbocycles. The Morgan fingerprint density at radius 2 is 1.77 bits per heavy atom. The SMILES string of the molecule is COOc1nc(Nc2ccc(OCC3CCCN(C)C3)c(F)c2)nc(Oc2ccccc2)c1C(=O)Nc1c(C)cccc1C.